The lowest BCUT2D eigenvalue weighted by molar-refractivity contribution is -0.134. The first-order valence-electron chi connectivity index (χ1n) is 11.0. The van der Waals surface area contributed by atoms with E-state index in [-0.39, 0.29) is 0 Å². The van der Waals surface area contributed by atoms with Crippen molar-refractivity contribution < 1.29 is 0 Å². The summed E-state index contributed by atoms with van der Waals surface area (Å²) in [7, 11) is 0. The molecule has 9 atom stereocenters. The average Bonchev–Trinajstić information content (AvgIpc) is 2.78. The van der Waals surface area contributed by atoms with Crippen molar-refractivity contribution in [3.8, 4) is 0 Å². The van der Waals surface area contributed by atoms with Gasteiger partial charge in [-0.3, -0.25) is 0 Å². The first-order chi connectivity index (χ1) is 11.4. The summed E-state index contributed by atoms with van der Waals surface area (Å²) in [6.07, 6.45) is 15.6. The molecule has 4 saturated carbocycles. The van der Waals surface area contributed by atoms with E-state index >= 15 is 0 Å². The van der Waals surface area contributed by atoms with E-state index in [1.807, 2.05) is 0 Å². The van der Waals surface area contributed by atoms with Gasteiger partial charge in [0.1, 0.15) is 0 Å². The van der Waals surface area contributed by atoms with E-state index in [9.17, 15) is 0 Å². The molecular weight excluding hydrogens is 288 g/mol. The van der Waals surface area contributed by atoms with Gasteiger partial charge in [0.15, 0.2) is 0 Å². The Morgan fingerprint density at radius 3 is 2.17 bits per heavy atom. The molecule has 0 heteroatoms. The van der Waals surface area contributed by atoms with Crippen LogP contribution in [0.1, 0.15) is 85.5 Å². The Bertz CT molecular complexity index is 492. The van der Waals surface area contributed by atoms with Crippen LogP contribution in [-0.4, -0.2) is 0 Å². The molecule has 0 bridgehead atoms. The van der Waals surface area contributed by atoms with Crippen molar-refractivity contribution in [1.82, 2.24) is 0 Å². The molecule has 0 aromatic carbocycles. The van der Waals surface area contributed by atoms with Crippen LogP contribution in [0.2, 0.25) is 0 Å². The summed E-state index contributed by atoms with van der Waals surface area (Å²) >= 11 is 0. The molecule has 0 spiro atoms. The van der Waals surface area contributed by atoms with Crippen molar-refractivity contribution in [3.63, 3.8) is 0 Å². The third-order valence-corrected chi connectivity index (χ3v) is 9.96. The fourth-order valence-electron chi connectivity index (χ4n) is 9.06. The number of hydrogen-bond donors (Lipinski definition) is 0. The lowest BCUT2D eigenvalue weighted by atomic mass is 9.42. The zero-order chi connectivity index (χ0) is 17.1. The molecule has 0 amide bonds. The van der Waals surface area contributed by atoms with Crippen molar-refractivity contribution >= 4 is 0 Å². The Morgan fingerprint density at radius 1 is 0.833 bits per heavy atom. The van der Waals surface area contributed by atoms with Crippen LogP contribution in [0.25, 0.3) is 0 Å². The average molecular weight is 329 g/mol. The summed E-state index contributed by atoms with van der Waals surface area (Å²) in [4.78, 5) is 0. The van der Waals surface area contributed by atoms with Crippen LogP contribution in [0.5, 0.6) is 0 Å². The minimum Gasteiger partial charge on any atom is -0.103 e. The molecule has 4 aliphatic rings. The fraction of sp³-hybridized carbons (Fsp3) is 0.917. The van der Waals surface area contributed by atoms with E-state index < -0.39 is 0 Å². The summed E-state index contributed by atoms with van der Waals surface area (Å²) in [6, 6.07) is 0. The van der Waals surface area contributed by atoms with Crippen molar-refractivity contribution in [1.29, 1.82) is 0 Å². The Hall–Kier alpha value is -0.260. The Morgan fingerprint density at radius 2 is 1.46 bits per heavy atom. The molecule has 4 fully saturated rings. The van der Waals surface area contributed by atoms with E-state index in [1.54, 1.807) is 0 Å². The molecule has 136 valence electrons. The number of hydrogen-bond acceptors (Lipinski definition) is 0. The molecule has 8 unspecified atom stereocenters. The molecule has 24 heavy (non-hydrogen) atoms. The topological polar surface area (TPSA) is 0 Å². The molecule has 0 saturated heterocycles. The molecular formula is C24H40. The Kier molecular flexibility index (Phi) is 4.21. The molecule has 0 aromatic rings. The van der Waals surface area contributed by atoms with Gasteiger partial charge in [0.05, 0.1) is 0 Å². The van der Waals surface area contributed by atoms with Gasteiger partial charge in [0, 0.05) is 0 Å². The predicted octanol–water partition coefficient (Wildman–Crippen LogP) is 7.10. The second-order valence-corrected chi connectivity index (χ2v) is 10.8. The van der Waals surface area contributed by atoms with Crippen LogP contribution in [-0.2, 0) is 0 Å². The number of rotatable bonds is 2. The highest BCUT2D eigenvalue weighted by Crippen LogP contribution is 2.69. The first kappa shape index (κ1) is 17.2. The first-order valence-corrected chi connectivity index (χ1v) is 11.0. The smallest absolute Gasteiger partial charge is 0.0261 e. The third-order valence-electron chi connectivity index (χ3n) is 9.96. The molecule has 0 radical (unpaired) electrons. The van der Waals surface area contributed by atoms with Crippen molar-refractivity contribution in [2.75, 3.05) is 0 Å². The van der Waals surface area contributed by atoms with Gasteiger partial charge in [-0.1, -0.05) is 46.6 Å². The lowest BCUT2D eigenvalue weighted by Crippen LogP contribution is -2.55. The van der Waals surface area contributed by atoms with Gasteiger partial charge in [0.2, 0.25) is 0 Å². The monoisotopic (exact) mass is 328 g/mol. The Labute approximate surface area is 150 Å². The van der Waals surface area contributed by atoms with Crippen LogP contribution >= 0.6 is 0 Å². The highest BCUT2D eigenvalue weighted by molar-refractivity contribution is 5.11. The maximum absolute atomic E-state index is 4.07. The van der Waals surface area contributed by atoms with Crippen LogP contribution in [0, 0.1) is 52.3 Å². The standard InChI is InChI=1S/C24H40/c1-6-8-18-17(3)15-24(5)20(18)11-13-21-22(24)12-10-19-16(2)9-7-14-23(19,21)4/h6,16-22H,1,7-15H2,2-5H3/t16-,17?,18?,19?,20?,21?,22?,23?,24?/m1/s1. The highest BCUT2D eigenvalue weighted by atomic mass is 14.7. The van der Waals surface area contributed by atoms with Gasteiger partial charge in [-0.15, -0.1) is 6.58 Å². The maximum Gasteiger partial charge on any atom is -0.0261 e. The third kappa shape index (κ3) is 2.23. The summed E-state index contributed by atoms with van der Waals surface area (Å²) < 4.78 is 0. The SMILES string of the molecule is C=CCC1C(C)CC2(C)C1CCC1C2CCC2[C@H](C)CCCC12C. The maximum atomic E-state index is 4.07. The largest absolute Gasteiger partial charge is 0.103 e. The van der Waals surface area contributed by atoms with Gasteiger partial charge in [-0.25, -0.2) is 0 Å². The number of allylic oxidation sites excluding steroid dienone is 1. The van der Waals surface area contributed by atoms with Gasteiger partial charge in [0.25, 0.3) is 0 Å². The summed E-state index contributed by atoms with van der Waals surface area (Å²) in [5, 5.41) is 0. The van der Waals surface area contributed by atoms with E-state index in [1.165, 1.54) is 57.8 Å². The van der Waals surface area contributed by atoms with Crippen molar-refractivity contribution in [2.45, 2.75) is 85.5 Å². The Balaban J connectivity index is 1.65. The molecule has 0 aromatic heterocycles. The number of fused-ring (bicyclic) bond motifs is 5. The molecule has 0 aliphatic heterocycles. The molecule has 4 aliphatic carbocycles. The molecule has 0 N–H and O–H groups in total. The van der Waals surface area contributed by atoms with Crippen molar-refractivity contribution in [3.05, 3.63) is 12.7 Å². The summed E-state index contributed by atoms with van der Waals surface area (Å²) in [5.74, 6) is 6.85. The van der Waals surface area contributed by atoms with Gasteiger partial charge < -0.3 is 0 Å². The highest BCUT2D eigenvalue weighted by Gasteiger charge is 2.62. The van der Waals surface area contributed by atoms with Gasteiger partial charge in [-0.05, 0) is 97.2 Å². The minimum atomic E-state index is 0.630. The van der Waals surface area contributed by atoms with E-state index in [0.717, 1.165) is 41.4 Å². The van der Waals surface area contributed by atoms with Crippen LogP contribution in [0.3, 0.4) is 0 Å². The van der Waals surface area contributed by atoms with Gasteiger partial charge >= 0.3 is 0 Å². The molecule has 4 rings (SSSR count). The minimum absolute atomic E-state index is 0.630. The van der Waals surface area contributed by atoms with Crippen molar-refractivity contribution in [2.24, 2.45) is 52.3 Å². The summed E-state index contributed by atoms with van der Waals surface area (Å²) in [5.41, 5.74) is 1.29. The summed E-state index contributed by atoms with van der Waals surface area (Å²) in [6.45, 7) is 14.6. The second-order valence-electron chi connectivity index (χ2n) is 10.8. The van der Waals surface area contributed by atoms with Gasteiger partial charge in [-0.2, -0.15) is 0 Å². The fourth-order valence-corrected chi connectivity index (χ4v) is 9.06. The quantitative estimate of drug-likeness (QED) is 0.474. The zero-order valence-electron chi connectivity index (χ0n) is 16.7. The lowest BCUT2D eigenvalue weighted by Gasteiger charge is -2.62. The van der Waals surface area contributed by atoms with E-state index in [0.29, 0.717) is 10.8 Å². The van der Waals surface area contributed by atoms with Crippen LogP contribution in [0.15, 0.2) is 12.7 Å². The van der Waals surface area contributed by atoms with Crippen LogP contribution in [0.4, 0.5) is 0 Å². The normalized spacial score (nSPS) is 56.9. The molecule has 0 heterocycles. The molecule has 0 nitrogen and oxygen atoms in total. The second kappa shape index (κ2) is 5.88. The zero-order valence-corrected chi connectivity index (χ0v) is 16.7. The van der Waals surface area contributed by atoms with E-state index in [4.69, 9.17) is 0 Å². The predicted molar refractivity (Wildman–Crippen MR) is 104 cm³/mol. The van der Waals surface area contributed by atoms with Crippen LogP contribution < -0.4 is 0 Å². The van der Waals surface area contributed by atoms with E-state index in [2.05, 4.69) is 40.3 Å².